The number of likely N-dealkylation sites (N-methyl/N-ethyl adjacent to an activating group) is 1. The average molecular weight is 359 g/mol. The Morgan fingerprint density at radius 2 is 1.88 bits per heavy atom. The van der Waals surface area contributed by atoms with Crippen molar-refractivity contribution < 1.29 is 9.59 Å². The topological polar surface area (TPSA) is 65.5 Å². The van der Waals surface area contributed by atoms with E-state index in [0.29, 0.717) is 29.4 Å². The molecule has 0 spiro atoms. The third-order valence-corrected chi connectivity index (χ3v) is 4.35. The first-order valence-corrected chi connectivity index (χ1v) is 8.41. The van der Waals surface area contributed by atoms with Crippen molar-refractivity contribution in [2.75, 3.05) is 38.5 Å². The molecule has 2 aromatic rings. The number of benzene rings is 1. The molecule has 1 aliphatic heterocycles. The van der Waals surface area contributed by atoms with Crippen LogP contribution < -0.4 is 5.32 Å². The molecule has 1 N–H and O–H groups in total. The number of hydrogen-bond acceptors (Lipinski definition) is 4. The van der Waals surface area contributed by atoms with Crippen molar-refractivity contribution >= 4 is 29.1 Å². The van der Waals surface area contributed by atoms with E-state index in [0.717, 1.165) is 13.1 Å². The molecule has 2 amide bonds. The second kappa shape index (κ2) is 7.63. The van der Waals surface area contributed by atoms with Crippen LogP contribution in [0, 0.1) is 0 Å². The molecule has 0 aliphatic carbocycles. The first kappa shape index (κ1) is 17.4. The van der Waals surface area contributed by atoms with E-state index < -0.39 is 0 Å². The zero-order valence-corrected chi connectivity index (χ0v) is 14.7. The van der Waals surface area contributed by atoms with Gasteiger partial charge in [0.1, 0.15) is 5.69 Å². The zero-order valence-electron chi connectivity index (χ0n) is 13.9. The standard InChI is InChI=1S/C18H19ClN4O2/c1-22-7-9-23(10-8-22)18(25)16-11-13(5-6-20-16)17(24)21-15-4-2-3-14(19)12-15/h2-6,11-12H,7-10H2,1H3,(H,21,24). The maximum absolute atomic E-state index is 12.6. The number of amides is 2. The summed E-state index contributed by atoms with van der Waals surface area (Å²) >= 11 is 5.92. The molecule has 7 heteroatoms. The van der Waals surface area contributed by atoms with Gasteiger partial charge in [-0.1, -0.05) is 17.7 Å². The Labute approximate surface area is 151 Å². The quantitative estimate of drug-likeness (QED) is 0.914. The van der Waals surface area contributed by atoms with E-state index in [1.54, 1.807) is 35.2 Å². The van der Waals surface area contributed by atoms with Crippen LogP contribution in [0.25, 0.3) is 0 Å². The third kappa shape index (κ3) is 4.35. The van der Waals surface area contributed by atoms with Gasteiger partial charge in [0, 0.05) is 48.6 Å². The Balaban J connectivity index is 1.72. The second-order valence-electron chi connectivity index (χ2n) is 5.99. The van der Waals surface area contributed by atoms with E-state index in [1.165, 1.54) is 12.3 Å². The van der Waals surface area contributed by atoms with Crippen LogP contribution in [0.3, 0.4) is 0 Å². The number of aromatic nitrogens is 1. The molecule has 0 radical (unpaired) electrons. The molecule has 0 unspecified atom stereocenters. The Kier molecular flexibility index (Phi) is 5.31. The van der Waals surface area contributed by atoms with Crippen molar-refractivity contribution in [2.24, 2.45) is 0 Å². The van der Waals surface area contributed by atoms with Crippen molar-refractivity contribution in [3.8, 4) is 0 Å². The Morgan fingerprint density at radius 1 is 1.12 bits per heavy atom. The molecule has 0 atom stereocenters. The van der Waals surface area contributed by atoms with Crippen LogP contribution in [0.2, 0.25) is 5.02 Å². The number of halogens is 1. The predicted octanol–water partition coefficient (Wildman–Crippen LogP) is 2.37. The summed E-state index contributed by atoms with van der Waals surface area (Å²) in [6.07, 6.45) is 1.48. The van der Waals surface area contributed by atoms with Gasteiger partial charge in [-0.2, -0.15) is 0 Å². The number of carbonyl (C=O) groups excluding carboxylic acids is 2. The van der Waals surface area contributed by atoms with Crippen LogP contribution in [-0.2, 0) is 0 Å². The number of piperazine rings is 1. The highest BCUT2D eigenvalue weighted by atomic mass is 35.5. The summed E-state index contributed by atoms with van der Waals surface area (Å²) in [6, 6.07) is 10.0. The molecule has 1 saturated heterocycles. The molecular weight excluding hydrogens is 340 g/mol. The molecule has 6 nitrogen and oxygen atoms in total. The van der Waals surface area contributed by atoms with E-state index in [9.17, 15) is 9.59 Å². The fourth-order valence-electron chi connectivity index (χ4n) is 2.63. The van der Waals surface area contributed by atoms with Gasteiger partial charge in [0.15, 0.2) is 0 Å². The van der Waals surface area contributed by atoms with Gasteiger partial charge in [-0.15, -0.1) is 0 Å². The van der Waals surface area contributed by atoms with Gasteiger partial charge in [-0.05, 0) is 37.4 Å². The molecule has 0 saturated carbocycles. The normalized spacial score (nSPS) is 15.0. The maximum atomic E-state index is 12.6. The molecule has 1 aromatic heterocycles. The molecule has 0 bridgehead atoms. The summed E-state index contributed by atoms with van der Waals surface area (Å²) in [4.78, 5) is 33.1. The molecule has 1 aliphatic rings. The van der Waals surface area contributed by atoms with E-state index in [2.05, 4.69) is 15.2 Å². The lowest BCUT2D eigenvalue weighted by atomic mass is 10.2. The van der Waals surface area contributed by atoms with Gasteiger partial charge in [-0.25, -0.2) is 0 Å². The minimum absolute atomic E-state index is 0.148. The molecule has 25 heavy (non-hydrogen) atoms. The highest BCUT2D eigenvalue weighted by Gasteiger charge is 2.22. The summed E-state index contributed by atoms with van der Waals surface area (Å²) in [6.45, 7) is 2.99. The zero-order chi connectivity index (χ0) is 17.8. The monoisotopic (exact) mass is 358 g/mol. The second-order valence-corrected chi connectivity index (χ2v) is 6.43. The number of nitrogens with one attached hydrogen (secondary N) is 1. The van der Waals surface area contributed by atoms with Crippen molar-refractivity contribution in [1.82, 2.24) is 14.8 Å². The average Bonchev–Trinajstić information content (AvgIpc) is 2.62. The van der Waals surface area contributed by atoms with Crippen LogP contribution in [0.5, 0.6) is 0 Å². The number of carbonyl (C=O) groups is 2. The molecule has 1 fully saturated rings. The molecule has 130 valence electrons. The van der Waals surface area contributed by atoms with Gasteiger partial charge < -0.3 is 15.1 Å². The summed E-state index contributed by atoms with van der Waals surface area (Å²) in [5.74, 6) is -0.456. The van der Waals surface area contributed by atoms with E-state index in [-0.39, 0.29) is 17.5 Å². The summed E-state index contributed by atoms with van der Waals surface area (Å²) in [7, 11) is 2.03. The maximum Gasteiger partial charge on any atom is 0.272 e. The number of hydrogen-bond donors (Lipinski definition) is 1. The summed E-state index contributed by atoms with van der Waals surface area (Å²) in [5, 5.41) is 3.31. The predicted molar refractivity (Wildman–Crippen MR) is 97.0 cm³/mol. The Hall–Kier alpha value is -2.44. The fraction of sp³-hybridized carbons (Fsp3) is 0.278. The van der Waals surface area contributed by atoms with Crippen LogP contribution in [0.4, 0.5) is 5.69 Å². The van der Waals surface area contributed by atoms with Crippen molar-refractivity contribution in [2.45, 2.75) is 0 Å². The summed E-state index contributed by atoms with van der Waals surface area (Å²) < 4.78 is 0. The lowest BCUT2D eigenvalue weighted by molar-refractivity contribution is 0.0658. The van der Waals surface area contributed by atoms with Gasteiger partial charge in [0.25, 0.3) is 11.8 Å². The van der Waals surface area contributed by atoms with Crippen molar-refractivity contribution in [1.29, 1.82) is 0 Å². The number of pyridine rings is 1. The number of nitrogens with zero attached hydrogens (tertiary/aromatic N) is 3. The van der Waals surface area contributed by atoms with Crippen LogP contribution in [0.1, 0.15) is 20.8 Å². The third-order valence-electron chi connectivity index (χ3n) is 4.11. The first-order chi connectivity index (χ1) is 12.0. The number of anilines is 1. The van der Waals surface area contributed by atoms with E-state index in [4.69, 9.17) is 11.6 Å². The molecular formula is C18H19ClN4O2. The van der Waals surface area contributed by atoms with Gasteiger partial charge >= 0.3 is 0 Å². The van der Waals surface area contributed by atoms with Gasteiger partial charge in [-0.3, -0.25) is 14.6 Å². The molecule has 1 aromatic carbocycles. The number of rotatable bonds is 3. The van der Waals surface area contributed by atoms with E-state index >= 15 is 0 Å². The lowest BCUT2D eigenvalue weighted by Gasteiger charge is -2.32. The van der Waals surface area contributed by atoms with Crippen molar-refractivity contribution in [3.05, 3.63) is 58.9 Å². The SMILES string of the molecule is CN1CCN(C(=O)c2cc(C(=O)Nc3cccc(Cl)c3)ccn2)CC1. The molecule has 3 rings (SSSR count). The van der Waals surface area contributed by atoms with Gasteiger partial charge in [0.2, 0.25) is 0 Å². The smallest absolute Gasteiger partial charge is 0.272 e. The highest BCUT2D eigenvalue weighted by Crippen LogP contribution is 2.16. The highest BCUT2D eigenvalue weighted by molar-refractivity contribution is 6.31. The van der Waals surface area contributed by atoms with Crippen LogP contribution >= 0.6 is 11.6 Å². The Morgan fingerprint density at radius 3 is 2.60 bits per heavy atom. The fourth-order valence-corrected chi connectivity index (χ4v) is 2.82. The van der Waals surface area contributed by atoms with Crippen LogP contribution in [0.15, 0.2) is 42.6 Å². The summed E-state index contributed by atoms with van der Waals surface area (Å²) in [5.41, 5.74) is 1.26. The minimum atomic E-state index is -0.308. The van der Waals surface area contributed by atoms with Gasteiger partial charge in [0.05, 0.1) is 0 Å². The Bertz CT molecular complexity index is 788. The van der Waals surface area contributed by atoms with E-state index in [1.807, 2.05) is 7.05 Å². The first-order valence-electron chi connectivity index (χ1n) is 8.04. The van der Waals surface area contributed by atoms with Crippen LogP contribution in [-0.4, -0.2) is 59.8 Å². The van der Waals surface area contributed by atoms with Crippen molar-refractivity contribution in [3.63, 3.8) is 0 Å². The molecule has 2 heterocycles. The lowest BCUT2D eigenvalue weighted by Crippen LogP contribution is -2.47. The minimum Gasteiger partial charge on any atom is -0.335 e. The largest absolute Gasteiger partial charge is 0.335 e.